The Morgan fingerprint density at radius 3 is 2.55 bits per heavy atom. The third kappa shape index (κ3) is 7.66. The largest absolute Gasteiger partial charge is 0.497 e. The molecule has 2 atom stereocenters. The average molecular weight is 610 g/mol. The molecule has 216 valence electrons. The van der Waals surface area contributed by atoms with Gasteiger partial charge in [-0.3, -0.25) is 9.36 Å². The van der Waals surface area contributed by atoms with Gasteiger partial charge < -0.3 is 24.6 Å². The zero-order valence-corrected chi connectivity index (χ0v) is 24.9. The van der Waals surface area contributed by atoms with Crippen LogP contribution in [0, 0.1) is 12.8 Å². The number of benzene rings is 2. The van der Waals surface area contributed by atoms with Crippen molar-refractivity contribution in [1.29, 1.82) is 0 Å². The summed E-state index contributed by atoms with van der Waals surface area (Å²) in [5.74, 6) is 0.527. The van der Waals surface area contributed by atoms with Crippen molar-refractivity contribution >= 4 is 36.7 Å². The van der Waals surface area contributed by atoms with E-state index >= 15 is 0 Å². The van der Waals surface area contributed by atoms with Crippen molar-refractivity contribution in [2.24, 2.45) is 5.92 Å². The summed E-state index contributed by atoms with van der Waals surface area (Å²) in [7, 11) is -2.43. The van der Waals surface area contributed by atoms with E-state index in [4.69, 9.17) is 47.6 Å². The molecule has 0 bridgehead atoms. The lowest BCUT2D eigenvalue weighted by molar-refractivity contribution is 0.0639. The monoisotopic (exact) mass is 609 g/mol. The van der Waals surface area contributed by atoms with Gasteiger partial charge in [0.2, 0.25) is 0 Å². The second kappa shape index (κ2) is 13.5. The van der Waals surface area contributed by atoms with Crippen molar-refractivity contribution in [3.05, 3.63) is 63.8 Å². The van der Waals surface area contributed by atoms with Crippen LogP contribution in [0.5, 0.6) is 5.75 Å². The Morgan fingerprint density at radius 2 is 1.88 bits per heavy atom. The molecule has 1 fully saturated rings. The summed E-state index contributed by atoms with van der Waals surface area (Å²) in [5.41, 5.74) is 3.16. The molecule has 12 heteroatoms. The minimum Gasteiger partial charge on any atom is -0.497 e. The standard InChI is InChI=1S/C28H34Cl2N3O6P/c1-18-26(28(34)31-24-7-4-3-6-20(24)17-39-14-5-15-40(35,36)37)32-33(25-13-10-21(29)16-23(25)30)27(18)19-8-11-22(38-2)12-9-19/h8-13,16,20,24H,3-7,14-15,17H2,1-2H3,(H,31,34)(H2,35,36,37). The van der Waals surface area contributed by atoms with Gasteiger partial charge in [0, 0.05) is 34.7 Å². The van der Waals surface area contributed by atoms with Crippen LogP contribution in [-0.4, -0.2) is 58.0 Å². The molecule has 0 radical (unpaired) electrons. The molecule has 2 unspecified atom stereocenters. The van der Waals surface area contributed by atoms with Crippen LogP contribution in [0.15, 0.2) is 42.5 Å². The smallest absolute Gasteiger partial charge is 0.325 e. The van der Waals surface area contributed by atoms with E-state index in [1.54, 1.807) is 30.0 Å². The van der Waals surface area contributed by atoms with E-state index in [0.29, 0.717) is 39.3 Å². The first-order chi connectivity index (χ1) is 19.1. The highest BCUT2D eigenvalue weighted by atomic mass is 35.5. The summed E-state index contributed by atoms with van der Waals surface area (Å²) < 4.78 is 23.8. The second-order valence-electron chi connectivity index (χ2n) is 10.00. The first-order valence-electron chi connectivity index (χ1n) is 13.2. The van der Waals surface area contributed by atoms with Crippen molar-refractivity contribution in [2.45, 2.75) is 45.1 Å². The van der Waals surface area contributed by atoms with Gasteiger partial charge in [-0.15, -0.1) is 0 Å². The summed E-state index contributed by atoms with van der Waals surface area (Å²) in [5, 5.41) is 8.81. The SMILES string of the molecule is COc1ccc(-c2c(C)c(C(=O)NC3CCCCC3COCCCP(=O)(O)O)nn2-c2ccc(Cl)cc2Cl)cc1. The minimum absolute atomic E-state index is 0.0990. The van der Waals surface area contributed by atoms with E-state index in [0.717, 1.165) is 36.9 Å². The van der Waals surface area contributed by atoms with E-state index in [-0.39, 0.29) is 37.1 Å². The number of carbonyl (C=O) groups is 1. The zero-order valence-electron chi connectivity index (χ0n) is 22.5. The van der Waals surface area contributed by atoms with Gasteiger partial charge in [-0.05, 0) is 68.7 Å². The van der Waals surface area contributed by atoms with Crippen LogP contribution >= 0.6 is 30.8 Å². The summed E-state index contributed by atoms with van der Waals surface area (Å²) in [6.45, 7) is 2.54. The minimum atomic E-state index is -4.03. The van der Waals surface area contributed by atoms with Gasteiger partial charge >= 0.3 is 7.60 Å². The number of nitrogens with zero attached hydrogens (tertiary/aromatic N) is 2. The van der Waals surface area contributed by atoms with Gasteiger partial charge in [0.25, 0.3) is 5.91 Å². The molecule has 1 saturated carbocycles. The van der Waals surface area contributed by atoms with Crippen molar-refractivity contribution in [3.63, 3.8) is 0 Å². The zero-order chi connectivity index (χ0) is 28.9. The lowest BCUT2D eigenvalue weighted by Gasteiger charge is -2.32. The van der Waals surface area contributed by atoms with E-state index in [2.05, 4.69) is 5.32 Å². The van der Waals surface area contributed by atoms with Gasteiger partial charge in [0.15, 0.2) is 5.69 Å². The number of aromatic nitrogens is 2. The van der Waals surface area contributed by atoms with E-state index in [1.807, 2.05) is 31.2 Å². The van der Waals surface area contributed by atoms with E-state index in [9.17, 15) is 9.36 Å². The second-order valence-corrected chi connectivity index (χ2v) is 12.6. The number of halogens is 2. The Bertz CT molecular complexity index is 1380. The molecule has 3 N–H and O–H groups in total. The quantitative estimate of drug-likeness (QED) is 0.179. The first-order valence-corrected chi connectivity index (χ1v) is 15.8. The molecule has 1 aliphatic carbocycles. The molecular weight excluding hydrogens is 576 g/mol. The number of hydrogen-bond acceptors (Lipinski definition) is 5. The highest BCUT2D eigenvalue weighted by Crippen LogP contribution is 2.35. The topological polar surface area (TPSA) is 123 Å². The maximum atomic E-state index is 13.6. The summed E-state index contributed by atoms with van der Waals surface area (Å²) >= 11 is 12.7. The lowest BCUT2D eigenvalue weighted by atomic mass is 9.85. The van der Waals surface area contributed by atoms with Crippen molar-refractivity contribution in [2.75, 3.05) is 26.5 Å². The molecule has 4 rings (SSSR count). The molecule has 2 aromatic carbocycles. The molecule has 0 aliphatic heterocycles. The molecule has 1 aromatic heterocycles. The predicted octanol–water partition coefficient (Wildman–Crippen LogP) is 6.04. The molecule has 1 amide bonds. The number of amides is 1. The van der Waals surface area contributed by atoms with E-state index < -0.39 is 7.60 Å². The molecule has 1 heterocycles. The fourth-order valence-electron chi connectivity index (χ4n) is 5.07. The summed E-state index contributed by atoms with van der Waals surface area (Å²) in [6, 6.07) is 12.5. The van der Waals surface area contributed by atoms with Crippen molar-refractivity contribution in [3.8, 4) is 22.7 Å². The lowest BCUT2D eigenvalue weighted by Crippen LogP contribution is -2.44. The van der Waals surface area contributed by atoms with Crippen LogP contribution < -0.4 is 10.1 Å². The van der Waals surface area contributed by atoms with Crippen molar-refractivity contribution in [1.82, 2.24) is 15.1 Å². The fourth-order valence-corrected chi connectivity index (χ4v) is 6.10. The number of carbonyl (C=O) groups excluding carboxylic acids is 1. The Morgan fingerprint density at radius 1 is 1.15 bits per heavy atom. The molecule has 0 saturated heterocycles. The number of rotatable bonds is 11. The molecular formula is C28H34Cl2N3O6P. The molecule has 9 nitrogen and oxygen atoms in total. The van der Waals surface area contributed by atoms with Crippen molar-refractivity contribution < 1.29 is 28.6 Å². The van der Waals surface area contributed by atoms with Gasteiger partial charge in [0.1, 0.15) is 5.75 Å². The Labute approximate surface area is 243 Å². The van der Waals surface area contributed by atoms with Gasteiger partial charge in [0.05, 0.1) is 36.3 Å². The van der Waals surface area contributed by atoms with Gasteiger partial charge in [-0.2, -0.15) is 5.10 Å². The highest BCUT2D eigenvalue weighted by molar-refractivity contribution is 7.51. The van der Waals surface area contributed by atoms with Crippen LogP contribution in [0.1, 0.15) is 48.2 Å². The van der Waals surface area contributed by atoms with Crippen LogP contribution in [0.2, 0.25) is 10.0 Å². The average Bonchev–Trinajstić information content (AvgIpc) is 3.25. The summed E-state index contributed by atoms with van der Waals surface area (Å²) in [6.07, 6.45) is 3.82. The highest BCUT2D eigenvalue weighted by Gasteiger charge is 2.30. The third-order valence-electron chi connectivity index (χ3n) is 7.13. The number of nitrogens with one attached hydrogen (secondary N) is 1. The van der Waals surface area contributed by atoms with Crippen LogP contribution in [0.25, 0.3) is 16.9 Å². The predicted molar refractivity (Wildman–Crippen MR) is 156 cm³/mol. The normalized spacial score (nSPS) is 17.6. The molecule has 3 aromatic rings. The third-order valence-corrected chi connectivity index (χ3v) is 8.57. The van der Waals surface area contributed by atoms with Crippen LogP contribution in [0.4, 0.5) is 0 Å². The number of methoxy groups -OCH3 is 1. The Kier molecular flexibility index (Phi) is 10.3. The molecule has 1 aliphatic rings. The van der Waals surface area contributed by atoms with Gasteiger partial charge in [-0.1, -0.05) is 36.0 Å². The molecule has 40 heavy (non-hydrogen) atoms. The number of ether oxygens (including phenoxy) is 2. The van der Waals surface area contributed by atoms with Gasteiger partial charge in [-0.25, -0.2) is 4.68 Å². The summed E-state index contributed by atoms with van der Waals surface area (Å²) in [4.78, 5) is 31.7. The van der Waals surface area contributed by atoms with E-state index in [1.165, 1.54) is 0 Å². The number of hydrogen-bond donors (Lipinski definition) is 3. The first kappa shape index (κ1) is 30.6. The Balaban J connectivity index is 1.58. The Hall–Kier alpha value is -2.39. The van der Waals surface area contributed by atoms with Crippen LogP contribution in [-0.2, 0) is 9.30 Å². The fraction of sp³-hybridized carbons (Fsp3) is 0.429. The molecule has 0 spiro atoms. The maximum absolute atomic E-state index is 13.6. The maximum Gasteiger partial charge on any atom is 0.325 e. The van der Waals surface area contributed by atoms with Crippen LogP contribution in [0.3, 0.4) is 0 Å².